The molecule has 1 aliphatic heterocycles. The molecule has 0 bridgehead atoms. The van der Waals surface area contributed by atoms with Gasteiger partial charge in [-0.05, 0) is 36.8 Å². The number of nitrogens with two attached hydrogens (primary N) is 1. The van der Waals surface area contributed by atoms with Gasteiger partial charge in [-0.25, -0.2) is 4.68 Å². The Kier molecular flexibility index (Phi) is 4.45. The topological polar surface area (TPSA) is 120 Å². The highest BCUT2D eigenvalue weighted by molar-refractivity contribution is 6.30. The molecular formula is C20H14ClN5O3. The number of rotatable bonds is 3. The van der Waals surface area contributed by atoms with Crippen LogP contribution >= 0.6 is 11.6 Å². The monoisotopic (exact) mass is 407 g/mol. The summed E-state index contributed by atoms with van der Waals surface area (Å²) in [7, 11) is 0. The van der Waals surface area contributed by atoms with Crippen LogP contribution in [-0.4, -0.2) is 14.7 Å². The molecule has 0 aliphatic carbocycles. The largest absolute Gasteiger partial charge is 0.422 e. The highest BCUT2D eigenvalue weighted by atomic mass is 35.5. The Morgan fingerprint density at radius 2 is 1.90 bits per heavy atom. The van der Waals surface area contributed by atoms with Crippen molar-refractivity contribution in [3.63, 3.8) is 0 Å². The van der Waals surface area contributed by atoms with E-state index in [1.165, 1.54) is 12.1 Å². The molecule has 0 radical (unpaired) electrons. The van der Waals surface area contributed by atoms with Crippen LogP contribution in [0.25, 0.3) is 5.69 Å². The molecule has 1 aromatic heterocycles. The van der Waals surface area contributed by atoms with Gasteiger partial charge in [0.25, 0.3) is 5.69 Å². The first-order chi connectivity index (χ1) is 13.9. The number of fused-ring (bicyclic) bond motifs is 1. The number of allylic oxidation sites excluding steroid dienone is 1. The normalized spacial score (nSPS) is 15.4. The number of nitrogens with zero attached hydrogens (tertiary/aromatic N) is 4. The van der Waals surface area contributed by atoms with Crippen molar-refractivity contribution < 1.29 is 9.66 Å². The van der Waals surface area contributed by atoms with Crippen molar-refractivity contribution in [2.45, 2.75) is 12.8 Å². The van der Waals surface area contributed by atoms with Gasteiger partial charge >= 0.3 is 0 Å². The lowest BCUT2D eigenvalue weighted by molar-refractivity contribution is -0.384. The lowest BCUT2D eigenvalue weighted by Crippen LogP contribution is -2.22. The summed E-state index contributed by atoms with van der Waals surface area (Å²) in [5, 5.41) is 25.8. The number of nitro benzene ring substituents is 1. The molecule has 1 unspecified atom stereocenters. The van der Waals surface area contributed by atoms with Gasteiger partial charge < -0.3 is 10.5 Å². The minimum Gasteiger partial charge on any atom is -0.422 e. The van der Waals surface area contributed by atoms with Crippen LogP contribution in [0.1, 0.15) is 22.7 Å². The summed E-state index contributed by atoms with van der Waals surface area (Å²) < 4.78 is 7.38. The van der Waals surface area contributed by atoms with Crippen LogP contribution in [0.2, 0.25) is 5.02 Å². The highest BCUT2D eigenvalue weighted by Crippen LogP contribution is 2.44. The first-order valence-electron chi connectivity index (χ1n) is 8.58. The van der Waals surface area contributed by atoms with Gasteiger partial charge in [0, 0.05) is 17.2 Å². The summed E-state index contributed by atoms with van der Waals surface area (Å²) in [5.74, 6) is -0.186. The van der Waals surface area contributed by atoms with Crippen LogP contribution < -0.4 is 10.5 Å². The Balaban J connectivity index is 1.90. The summed E-state index contributed by atoms with van der Waals surface area (Å²) in [4.78, 5) is 10.5. The highest BCUT2D eigenvalue weighted by Gasteiger charge is 2.36. The summed E-state index contributed by atoms with van der Waals surface area (Å²) in [5.41, 5.74) is 8.97. The first kappa shape index (κ1) is 18.5. The minimum absolute atomic E-state index is 0.0292. The smallest absolute Gasteiger partial charge is 0.269 e. The van der Waals surface area contributed by atoms with Crippen LogP contribution in [-0.2, 0) is 0 Å². The fourth-order valence-corrected chi connectivity index (χ4v) is 3.52. The minimum atomic E-state index is -0.550. The van der Waals surface area contributed by atoms with Gasteiger partial charge in [-0.15, -0.1) is 0 Å². The molecule has 144 valence electrons. The predicted octanol–water partition coefficient (Wildman–Crippen LogP) is 3.96. The molecule has 1 aliphatic rings. The van der Waals surface area contributed by atoms with Crippen molar-refractivity contribution >= 4 is 17.3 Å². The molecule has 1 atom stereocenters. The molecule has 4 rings (SSSR count). The number of hydrogen-bond acceptors (Lipinski definition) is 6. The number of nitro groups is 1. The van der Waals surface area contributed by atoms with Gasteiger partial charge in [0.15, 0.2) is 0 Å². The van der Waals surface area contributed by atoms with E-state index in [0.717, 1.165) is 5.69 Å². The fourth-order valence-electron chi connectivity index (χ4n) is 3.39. The molecule has 8 nitrogen and oxygen atoms in total. The molecule has 0 fully saturated rings. The van der Waals surface area contributed by atoms with Crippen LogP contribution in [0.3, 0.4) is 0 Å². The van der Waals surface area contributed by atoms with E-state index in [-0.39, 0.29) is 17.1 Å². The Hall–Kier alpha value is -3.83. The molecule has 0 saturated heterocycles. The van der Waals surface area contributed by atoms with Gasteiger partial charge in [0.2, 0.25) is 11.8 Å². The molecular weight excluding hydrogens is 394 g/mol. The summed E-state index contributed by atoms with van der Waals surface area (Å²) in [6, 6.07) is 15.2. The zero-order valence-electron chi connectivity index (χ0n) is 15.2. The van der Waals surface area contributed by atoms with Crippen molar-refractivity contribution in [2.24, 2.45) is 5.73 Å². The van der Waals surface area contributed by atoms with E-state index in [2.05, 4.69) is 11.2 Å². The van der Waals surface area contributed by atoms with Crippen LogP contribution in [0.15, 0.2) is 60.0 Å². The number of nitriles is 1. The number of hydrogen-bond donors (Lipinski definition) is 1. The van der Waals surface area contributed by atoms with Crippen LogP contribution in [0.4, 0.5) is 5.69 Å². The summed E-state index contributed by atoms with van der Waals surface area (Å²) in [6.07, 6.45) is 0. The second kappa shape index (κ2) is 6.96. The Morgan fingerprint density at radius 1 is 1.24 bits per heavy atom. The van der Waals surface area contributed by atoms with Crippen molar-refractivity contribution in [3.05, 3.63) is 91.9 Å². The maximum Gasteiger partial charge on any atom is 0.269 e. The summed E-state index contributed by atoms with van der Waals surface area (Å²) >= 11 is 5.97. The maximum absolute atomic E-state index is 11.0. The first-order valence-corrected chi connectivity index (χ1v) is 8.96. The van der Waals surface area contributed by atoms with Crippen molar-refractivity contribution in [2.75, 3.05) is 0 Å². The van der Waals surface area contributed by atoms with E-state index in [1.807, 2.05) is 6.92 Å². The average molecular weight is 408 g/mol. The van der Waals surface area contributed by atoms with Gasteiger partial charge in [-0.2, -0.15) is 10.4 Å². The Bertz CT molecular complexity index is 1190. The second-order valence-corrected chi connectivity index (χ2v) is 6.90. The lowest BCUT2D eigenvalue weighted by Gasteiger charge is -2.24. The summed E-state index contributed by atoms with van der Waals surface area (Å²) in [6.45, 7) is 1.81. The fraction of sp³-hybridized carbons (Fsp3) is 0.100. The van der Waals surface area contributed by atoms with Crippen LogP contribution in [0, 0.1) is 28.4 Å². The van der Waals surface area contributed by atoms with Gasteiger partial charge in [-0.3, -0.25) is 10.1 Å². The Morgan fingerprint density at radius 3 is 2.48 bits per heavy atom. The Labute approximate surface area is 170 Å². The molecule has 2 aromatic carbocycles. The van der Waals surface area contributed by atoms with Gasteiger partial charge in [-0.1, -0.05) is 23.7 Å². The third-order valence-electron chi connectivity index (χ3n) is 4.74. The standard InChI is InChI=1S/C20H14ClN5O3/c1-11-17-18(12-2-6-15(7-3-12)26(27)28)16(10-22)19(23)29-20(17)25(24-11)14-8-4-13(21)5-9-14/h2-9,18H,23H2,1H3. The molecule has 0 saturated carbocycles. The van der Waals surface area contributed by atoms with Crippen molar-refractivity contribution in [1.82, 2.24) is 9.78 Å². The third-order valence-corrected chi connectivity index (χ3v) is 4.99. The second-order valence-electron chi connectivity index (χ2n) is 6.47. The van der Waals surface area contributed by atoms with Crippen LogP contribution in [0.5, 0.6) is 5.88 Å². The predicted molar refractivity (Wildman–Crippen MR) is 106 cm³/mol. The van der Waals surface area contributed by atoms with Gasteiger partial charge in [0.05, 0.1) is 27.8 Å². The molecule has 2 heterocycles. The molecule has 2 N–H and O–H groups in total. The van der Waals surface area contributed by atoms with E-state index in [4.69, 9.17) is 22.1 Å². The molecule has 9 heteroatoms. The number of non-ortho nitro benzene ring substituents is 1. The number of aromatic nitrogens is 2. The average Bonchev–Trinajstić information content (AvgIpc) is 3.03. The molecule has 0 amide bonds. The number of aryl methyl sites for hydroxylation is 1. The van der Waals surface area contributed by atoms with E-state index < -0.39 is 10.8 Å². The molecule has 3 aromatic rings. The van der Waals surface area contributed by atoms with E-state index in [0.29, 0.717) is 27.7 Å². The van der Waals surface area contributed by atoms with E-state index in [9.17, 15) is 15.4 Å². The number of halogens is 1. The van der Waals surface area contributed by atoms with Crippen molar-refractivity contribution in [3.8, 4) is 17.6 Å². The zero-order valence-corrected chi connectivity index (χ0v) is 15.9. The lowest BCUT2D eigenvalue weighted by atomic mass is 9.84. The van der Waals surface area contributed by atoms with E-state index >= 15 is 0 Å². The number of benzene rings is 2. The van der Waals surface area contributed by atoms with Crippen molar-refractivity contribution in [1.29, 1.82) is 5.26 Å². The zero-order chi connectivity index (χ0) is 20.7. The number of ether oxygens (including phenoxy) is 1. The molecule has 0 spiro atoms. The third kappa shape index (κ3) is 3.07. The van der Waals surface area contributed by atoms with E-state index in [1.54, 1.807) is 41.1 Å². The molecule has 29 heavy (non-hydrogen) atoms. The van der Waals surface area contributed by atoms with Gasteiger partial charge in [0.1, 0.15) is 11.6 Å². The SMILES string of the molecule is Cc1nn(-c2ccc(Cl)cc2)c2c1C(c1ccc([N+](=O)[O-])cc1)C(C#N)=C(N)O2. The quantitative estimate of drug-likeness (QED) is 0.518. The maximum atomic E-state index is 11.0.